The molecular formula is C23H21N3O3S. The Balaban J connectivity index is 1.57. The second-order valence-electron chi connectivity index (χ2n) is 7.30. The van der Waals surface area contributed by atoms with Crippen molar-refractivity contribution in [3.8, 4) is 6.07 Å². The van der Waals surface area contributed by atoms with E-state index in [4.69, 9.17) is 4.42 Å². The SMILES string of the molecule is Cc1cccc(NC(=O)CSC2=C(C#N)C(c3ccco3)C3=C(CCCC3=O)N2)c1. The lowest BCUT2D eigenvalue weighted by molar-refractivity contribution is -0.116. The fourth-order valence-corrected chi connectivity index (χ4v) is 4.70. The number of hydrogen-bond donors (Lipinski definition) is 2. The summed E-state index contributed by atoms with van der Waals surface area (Å²) in [7, 11) is 0. The van der Waals surface area contributed by atoms with Crippen LogP contribution >= 0.6 is 11.8 Å². The third-order valence-electron chi connectivity index (χ3n) is 5.14. The molecule has 2 N–H and O–H groups in total. The van der Waals surface area contributed by atoms with Gasteiger partial charge in [0.05, 0.1) is 34.6 Å². The summed E-state index contributed by atoms with van der Waals surface area (Å²) in [5.41, 5.74) is 3.65. The second kappa shape index (κ2) is 8.64. The van der Waals surface area contributed by atoms with Crippen LogP contribution in [0.25, 0.3) is 0 Å². The number of benzene rings is 1. The minimum atomic E-state index is -0.531. The molecule has 0 spiro atoms. The highest BCUT2D eigenvalue weighted by Gasteiger charge is 2.38. The van der Waals surface area contributed by atoms with E-state index in [9.17, 15) is 14.9 Å². The topological polar surface area (TPSA) is 95.1 Å². The van der Waals surface area contributed by atoms with Crippen LogP contribution in [0, 0.1) is 18.3 Å². The zero-order valence-electron chi connectivity index (χ0n) is 16.5. The van der Waals surface area contributed by atoms with Crippen molar-refractivity contribution >= 4 is 29.1 Å². The van der Waals surface area contributed by atoms with Crippen LogP contribution < -0.4 is 10.6 Å². The number of nitrogens with one attached hydrogen (secondary N) is 2. The number of anilines is 1. The number of amides is 1. The van der Waals surface area contributed by atoms with Crippen molar-refractivity contribution in [2.24, 2.45) is 0 Å². The standard InChI is InChI=1S/C23H21N3O3S/c1-14-5-2-6-15(11-14)25-20(28)13-30-23-16(12-24)21(19-9-4-10-29-19)22-17(26-23)7-3-8-18(22)27/h2,4-6,9-11,21,26H,3,7-8,13H2,1H3,(H,25,28). The predicted octanol–water partition coefficient (Wildman–Crippen LogP) is 4.39. The number of nitrogens with zero attached hydrogens (tertiary/aromatic N) is 1. The van der Waals surface area contributed by atoms with Gasteiger partial charge >= 0.3 is 0 Å². The molecule has 0 radical (unpaired) electrons. The van der Waals surface area contributed by atoms with Gasteiger partial charge in [-0.3, -0.25) is 9.59 Å². The highest BCUT2D eigenvalue weighted by atomic mass is 32.2. The number of allylic oxidation sites excluding steroid dienone is 3. The van der Waals surface area contributed by atoms with Gasteiger partial charge in [0, 0.05) is 23.4 Å². The Labute approximate surface area is 179 Å². The van der Waals surface area contributed by atoms with Gasteiger partial charge in [-0.1, -0.05) is 23.9 Å². The number of thioether (sulfide) groups is 1. The number of dihydropyridines is 1. The first-order chi connectivity index (χ1) is 14.6. The molecule has 7 heteroatoms. The smallest absolute Gasteiger partial charge is 0.234 e. The van der Waals surface area contributed by atoms with Crippen LogP contribution in [0.4, 0.5) is 5.69 Å². The minimum Gasteiger partial charge on any atom is -0.468 e. The number of aryl methyl sites for hydroxylation is 1. The highest BCUT2D eigenvalue weighted by molar-refractivity contribution is 8.03. The van der Waals surface area contributed by atoms with Gasteiger partial charge in [0.15, 0.2) is 5.78 Å². The molecule has 2 aliphatic rings. The fourth-order valence-electron chi connectivity index (χ4n) is 3.84. The van der Waals surface area contributed by atoms with Crippen molar-refractivity contribution in [3.05, 3.63) is 75.9 Å². The molecule has 2 aromatic rings. The number of Topliss-reactive ketones (excluding diaryl/α,β-unsaturated/α-hetero) is 1. The van der Waals surface area contributed by atoms with E-state index in [2.05, 4.69) is 16.7 Å². The molecular weight excluding hydrogens is 398 g/mol. The average Bonchev–Trinajstić information content (AvgIpc) is 3.26. The van der Waals surface area contributed by atoms with E-state index < -0.39 is 5.92 Å². The first-order valence-electron chi connectivity index (χ1n) is 9.77. The summed E-state index contributed by atoms with van der Waals surface area (Å²) in [6.45, 7) is 1.96. The molecule has 152 valence electrons. The number of carbonyl (C=O) groups is 2. The lowest BCUT2D eigenvalue weighted by Crippen LogP contribution is -2.31. The van der Waals surface area contributed by atoms with Crippen molar-refractivity contribution in [2.75, 3.05) is 11.1 Å². The normalized spacial score (nSPS) is 18.5. The van der Waals surface area contributed by atoms with Crippen molar-refractivity contribution < 1.29 is 14.0 Å². The molecule has 1 aromatic carbocycles. The number of carbonyl (C=O) groups excluding carboxylic acids is 2. The monoisotopic (exact) mass is 419 g/mol. The Morgan fingerprint density at radius 1 is 1.33 bits per heavy atom. The zero-order chi connectivity index (χ0) is 21.1. The van der Waals surface area contributed by atoms with E-state index in [1.54, 1.807) is 18.4 Å². The lowest BCUT2D eigenvalue weighted by atomic mass is 9.79. The van der Waals surface area contributed by atoms with Gasteiger partial charge in [0.25, 0.3) is 0 Å². The van der Waals surface area contributed by atoms with Crippen molar-refractivity contribution in [3.63, 3.8) is 0 Å². The van der Waals surface area contributed by atoms with E-state index >= 15 is 0 Å². The Bertz CT molecular complexity index is 1090. The van der Waals surface area contributed by atoms with Crippen LogP contribution in [0.5, 0.6) is 0 Å². The van der Waals surface area contributed by atoms with Gasteiger partial charge in [0.2, 0.25) is 5.91 Å². The predicted molar refractivity (Wildman–Crippen MR) is 115 cm³/mol. The summed E-state index contributed by atoms with van der Waals surface area (Å²) in [5.74, 6) is 0.0583. The third kappa shape index (κ3) is 4.05. The maximum absolute atomic E-state index is 12.7. The molecule has 1 aromatic heterocycles. The summed E-state index contributed by atoms with van der Waals surface area (Å²) in [4.78, 5) is 25.1. The Morgan fingerprint density at radius 2 is 2.20 bits per heavy atom. The van der Waals surface area contributed by atoms with Crippen LogP contribution in [0.3, 0.4) is 0 Å². The Hall–Kier alpha value is -3.24. The van der Waals surface area contributed by atoms with Gasteiger partial charge in [-0.2, -0.15) is 5.26 Å². The zero-order valence-corrected chi connectivity index (χ0v) is 17.3. The largest absolute Gasteiger partial charge is 0.468 e. The van der Waals surface area contributed by atoms with E-state index in [0.717, 1.165) is 29.8 Å². The first kappa shape index (κ1) is 20.0. The van der Waals surface area contributed by atoms with Gasteiger partial charge < -0.3 is 15.1 Å². The van der Waals surface area contributed by atoms with Crippen LogP contribution in [-0.2, 0) is 9.59 Å². The number of rotatable bonds is 5. The lowest BCUT2D eigenvalue weighted by Gasteiger charge is -2.32. The van der Waals surface area contributed by atoms with E-state index in [-0.39, 0.29) is 17.4 Å². The summed E-state index contributed by atoms with van der Waals surface area (Å²) in [6, 6.07) is 13.4. The van der Waals surface area contributed by atoms with E-state index in [1.807, 2.05) is 31.2 Å². The molecule has 1 unspecified atom stereocenters. The Morgan fingerprint density at radius 3 is 2.93 bits per heavy atom. The van der Waals surface area contributed by atoms with Crippen molar-refractivity contribution in [2.45, 2.75) is 32.1 Å². The molecule has 1 aliphatic carbocycles. The maximum atomic E-state index is 12.7. The summed E-state index contributed by atoms with van der Waals surface area (Å²) in [5, 5.41) is 16.6. The fraction of sp³-hybridized carbons (Fsp3) is 0.261. The molecule has 0 bridgehead atoms. The molecule has 0 fully saturated rings. The van der Waals surface area contributed by atoms with E-state index in [0.29, 0.717) is 28.4 Å². The number of ketones is 1. The molecule has 6 nitrogen and oxygen atoms in total. The van der Waals surface area contributed by atoms with Crippen LogP contribution in [0.2, 0.25) is 0 Å². The maximum Gasteiger partial charge on any atom is 0.234 e. The molecule has 30 heavy (non-hydrogen) atoms. The molecule has 1 atom stereocenters. The van der Waals surface area contributed by atoms with Crippen LogP contribution in [-0.4, -0.2) is 17.4 Å². The van der Waals surface area contributed by atoms with Gasteiger partial charge in [-0.05, 0) is 49.6 Å². The summed E-state index contributed by atoms with van der Waals surface area (Å²) in [6.07, 6.45) is 3.51. The number of nitriles is 1. The Kier molecular flexibility index (Phi) is 5.77. The quantitative estimate of drug-likeness (QED) is 0.746. The molecule has 4 rings (SSSR count). The average molecular weight is 420 g/mol. The van der Waals surface area contributed by atoms with Gasteiger partial charge in [-0.15, -0.1) is 0 Å². The molecule has 1 amide bonds. The molecule has 0 saturated heterocycles. The van der Waals surface area contributed by atoms with E-state index in [1.165, 1.54) is 11.8 Å². The molecule has 1 aliphatic heterocycles. The van der Waals surface area contributed by atoms with Crippen molar-refractivity contribution in [1.82, 2.24) is 5.32 Å². The van der Waals surface area contributed by atoms with Gasteiger partial charge in [-0.25, -0.2) is 0 Å². The van der Waals surface area contributed by atoms with Gasteiger partial charge in [0.1, 0.15) is 5.76 Å². The first-order valence-corrected chi connectivity index (χ1v) is 10.8. The van der Waals surface area contributed by atoms with Crippen molar-refractivity contribution in [1.29, 1.82) is 5.26 Å². The number of hydrogen-bond acceptors (Lipinski definition) is 6. The summed E-state index contributed by atoms with van der Waals surface area (Å²) < 4.78 is 5.58. The number of furan rings is 1. The molecule has 2 heterocycles. The van der Waals surface area contributed by atoms with Crippen LogP contribution in [0.1, 0.15) is 36.5 Å². The van der Waals surface area contributed by atoms with Crippen LogP contribution in [0.15, 0.2) is 69.0 Å². The molecule has 0 saturated carbocycles. The summed E-state index contributed by atoms with van der Waals surface area (Å²) >= 11 is 1.27. The minimum absolute atomic E-state index is 0.0409. The third-order valence-corrected chi connectivity index (χ3v) is 6.16. The highest BCUT2D eigenvalue weighted by Crippen LogP contribution is 2.44. The second-order valence-corrected chi connectivity index (χ2v) is 8.29.